The van der Waals surface area contributed by atoms with Gasteiger partial charge in [0.1, 0.15) is 0 Å². The molecule has 372 valence electrons. The van der Waals surface area contributed by atoms with E-state index in [-0.39, 0.29) is 0 Å². The van der Waals surface area contributed by atoms with Gasteiger partial charge in [0.2, 0.25) is 0 Å². The molecule has 17 rings (SSSR count). The Hall–Kier alpha value is -10.5. The second-order valence-electron chi connectivity index (χ2n) is 20.7. The molecule has 5 aromatic heterocycles. The van der Waals surface area contributed by atoms with Crippen molar-refractivity contribution in [3.05, 3.63) is 267 Å². The van der Waals surface area contributed by atoms with E-state index in [2.05, 4.69) is 281 Å². The fraction of sp³-hybridized carbons (Fsp3) is 0. The van der Waals surface area contributed by atoms with Crippen molar-refractivity contribution in [3.8, 4) is 62.4 Å². The maximum Gasteiger partial charge on any atom is 0.164 e. The van der Waals surface area contributed by atoms with Crippen molar-refractivity contribution in [1.82, 2.24) is 28.7 Å². The lowest BCUT2D eigenvalue weighted by Crippen LogP contribution is -2.02. The molecule has 0 saturated carbocycles. The Kier molecular flexibility index (Phi) is 9.78. The quantitative estimate of drug-likeness (QED) is 0.160. The molecule has 0 atom stereocenters. The maximum atomic E-state index is 5.53. The Balaban J connectivity index is 0.930. The van der Waals surface area contributed by atoms with Gasteiger partial charge in [0.05, 0.1) is 38.8 Å². The molecule has 6 nitrogen and oxygen atoms in total. The van der Waals surface area contributed by atoms with Crippen LogP contribution in [0.5, 0.6) is 0 Å². The summed E-state index contributed by atoms with van der Waals surface area (Å²) in [5.74, 6) is 1.79. The predicted molar refractivity (Wildman–Crippen MR) is 335 cm³/mol. The van der Waals surface area contributed by atoms with Gasteiger partial charge >= 0.3 is 0 Å². The molecule has 0 unspecified atom stereocenters. The average Bonchev–Trinajstić information content (AvgIpc) is 4.32. The number of para-hydroxylation sites is 5. The minimum absolute atomic E-state index is 0.591. The molecule has 0 radical (unpaired) electrons. The van der Waals surface area contributed by atoms with E-state index in [1.807, 2.05) is 11.3 Å². The van der Waals surface area contributed by atoms with E-state index in [1.54, 1.807) is 0 Å². The van der Waals surface area contributed by atoms with E-state index in [1.165, 1.54) is 41.7 Å². The topological polar surface area (TPSA) is 53.5 Å². The summed E-state index contributed by atoms with van der Waals surface area (Å²) in [4.78, 5) is 16.5. The minimum atomic E-state index is 0.591. The molecule has 0 spiro atoms. The van der Waals surface area contributed by atoms with Crippen molar-refractivity contribution in [3.63, 3.8) is 0 Å². The van der Waals surface area contributed by atoms with Crippen molar-refractivity contribution in [2.75, 3.05) is 0 Å². The van der Waals surface area contributed by atoms with Crippen LogP contribution in [-0.2, 0) is 0 Å². The summed E-state index contributed by atoms with van der Waals surface area (Å²) in [6.07, 6.45) is 0. The zero-order valence-electron chi connectivity index (χ0n) is 43.0. The highest BCUT2D eigenvalue weighted by molar-refractivity contribution is 7.26. The molecule has 0 aliphatic carbocycles. The number of aromatic nitrogens is 6. The number of benzene rings is 12. The number of fused-ring (bicyclic) bond motifs is 13. The van der Waals surface area contributed by atoms with Crippen molar-refractivity contribution < 1.29 is 0 Å². The lowest BCUT2D eigenvalue weighted by molar-refractivity contribution is 1.07. The van der Waals surface area contributed by atoms with Gasteiger partial charge in [-0.15, -0.1) is 11.3 Å². The smallest absolute Gasteiger partial charge is 0.164 e. The summed E-state index contributed by atoms with van der Waals surface area (Å²) in [7, 11) is 0. The lowest BCUT2D eigenvalue weighted by Gasteiger charge is -2.17. The van der Waals surface area contributed by atoms with Gasteiger partial charge in [-0.05, 0) is 126 Å². The van der Waals surface area contributed by atoms with Gasteiger partial charge in [-0.25, -0.2) is 15.0 Å². The lowest BCUT2D eigenvalue weighted by atomic mass is 9.98. The summed E-state index contributed by atoms with van der Waals surface area (Å²) >= 11 is 1.85. The first-order chi connectivity index (χ1) is 39.7. The van der Waals surface area contributed by atoms with Crippen LogP contribution in [0.15, 0.2) is 267 Å². The summed E-state index contributed by atoms with van der Waals surface area (Å²) in [6.45, 7) is 0. The standard InChI is InChI=1S/C73H44N6S/c1-3-20-50(21-4-1)77-62-30-13-9-24-52(62)58-41-47(34-37-65(58)77)71-74-72(48-35-38-66-59(42-48)53-25-10-14-31-63(53)78(66)51-22-5-2-6-23-51)76-73(75-71)49-36-39-67(61(43-49)57-29-17-28-56-55-27-12-16-33-69(55)80-70(56)57)79-64-32-15-11-26-54(64)60-40-45-18-7-8-19-46(45)44-68(60)79/h1-44H. The molecule has 0 bridgehead atoms. The average molecular weight is 1040 g/mol. The summed E-state index contributed by atoms with van der Waals surface area (Å²) in [5.41, 5.74) is 15.1. The Morgan fingerprint density at radius 1 is 0.263 bits per heavy atom. The number of nitrogens with zero attached hydrogens (tertiary/aromatic N) is 6. The molecule has 0 amide bonds. The van der Waals surface area contributed by atoms with Crippen LogP contribution < -0.4 is 0 Å². The van der Waals surface area contributed by atoms with Crippen LogP contribution in [0.3, 0.4) is 0 Å². The Bertz CT molecular complexity index is 5200. The van der Waals surface area contributed by atoms with Gasteiger partial charge in [-0.3, -0.25) is 0 Å². The fourth-order valence-electron chi connectivity index (χ4n) is 12.7. The molecular formula is C73H44N6S. The molecule has 17 aromatic rings. The summed E-state index contributed by atoms with van der Waals surface area (Å²) < 4.78 is 9.66. The van der Waals surface area contributed by atoms with Crippen molar-refractivity contribution in [2.45, 2.75) is 0 Å². The largest absolute Gasteiger partial charge is 0.309 e. The molecule has 0 aliphatic heterocycles. The first-order valence-corrected chi connectivity index (χ1v) is 27.9. The van der Waals surface area contributed by atoms with Crippen molar-refractivity contribution in [2.24, 2.45) is 0 Å². The van der Waals surface area contributed by atoms with Crippen LogP contribution in [0.1, 0.15) is 0 Å². The molecule has 7 heteroatoms. The van der Waals surface area contributed by atoms with Crippen LogP contribution in [-0.4, -0.2) is 28.7 Å². The van der Waals surface area contributed by atoms with Crippen molar-refractivity contribution in [1.29, 1.82) is 0 Å². The van der Waals surface area contributed by atoms with Crippen LogP contribution in [0.2, 0.25) is 0 Å². The Morgan fingerprint density at radius 3 is 1.29 bits per heavy atom. The van der Waals surface area contributed by atoms with Gasteiger partial charge in [-0.2, -0.15) is 0 Å². The molecule has 0 N–H and O–H groups in total. The van der Waals surface area contributed by atoms with E-state index in [0.29, 0.717) is 17.5 Å². The summed E-state index contributed by atoms with van der Waals surface area (Å²) in [6, 6.07) is 96.4. The van der Waals surface area contributed by atoms with Crippen LogP contribution in [0.4, 0.5) is 0 Å². The molecule has 5 heterocycles. The number of thiophene rings is 1. The van der Waals surface area contributed by atoms with Gasteiger partial charge in [0, 0.05) is 91.7 Å². The van der Waals surface area contributed by atoms with Gasteiger partial charge in [0.25, 0.3) is 0 Å². The SMILES string of the molecule is c1ccc(-n2c3ccccc3c3cc(-c4nc(-c5ccc(-n6c7ccccc7c7cc8ccccc8cc76)c(-c6cccc7c6sc6ccccc67)c5)nc(-c5ccc6c(c5)c5ccccc5n6-c5ccccc5)n4)ccc32)cc1. The molecule has 12 aromatic carbocycles. The van der Waals surface area contributed by atoms with Crippen LogP contribution in [0, 0.1) is 0 Å². The van der Waals surface area contributed by atoms with Gasteiger partial charge in [0.15, 0.2) is 17.5 Å². The third-order valence-electron chi connectivity index (χ3n) is 16.3. The monoisotopic (exact) mass is 1040 g/mol. The van der Waals surface area contributed by atoms with Gasteiger partial charge < -0.3 is 13.7 Å². The normalized spacial score (nSPS) is 12.0. The predicted octanol–water partition coefficient (Wildman–Crippen LogP) is 19.4. The van der Waals surface area contributed by atoms with Crippen LogP contribution in [0.25, 0.3) is 159 Å². The van der Waals surface area contributed by atoms with E-state index in [4.69, 9.17) is 15.0 Å². The molecule has 0 aliphatic rings. The zero-order chi connectivity index (χ0) is 52.4. The van der Waals surface area contributed by atoms with E-state index < -0.39 is 0 Å². The Labute approximate surface area is 463 Å². The minimum Gasteiger partial charge on any atom is -0.309 e. The van der Waals surface area contributed by atoms with E-state index in [0.717, 1.165) is 99.5 Å². The molecule has 0 saturated heterocycles. The van der Waals surface area contributed by atoms with Crippen LogP contribution >= 0.6 is 11.3 Å². The molecule has 0 fully saturated rings. The number of hydrogen-bond donors (Lipinski definition) is 0. The maximum absolute atomic E-state index is 5.53. The fourth-order valence-corrected chi connectivity index (χ4v) is 13.9. The number of hydrogen-bond acceptors (Lipinski definition) is 4. The van der Waals surface area contributed by atoms with Gasteiger partial charge in [-0.1, -0.05) is 152 Å². The summed E-state index contributed by atoms with van der Waals surface area (Å²) in [5, 5.41) is 11.9. The molecule has 80 heavy (non-hydrogen) atoms. The molecular weight excluding hydrogens is 993 g/mol. The first-order valence-electron chi connectivity index (χ1n) is 27.1. The highest BCUT2D eigenvalue weighted by Crippen LogP contribution is 2.46. The number of rotatable bonds is 7. The van der Waals surface area contributed by atoms with E-state index in [9.17, 15) is 0 Å². The van der Waals surface area contributed by atoms with Crippen molar-refractivity contribution >= 4 is 108 Å². The Morgan fingerprint density at radius 2 is 0.700 bits per heavy atom. The second kappa shape index (κ2) is 17.5. The third-order valence-corrected chi connectivity index (χ3v) is 17.5. The first kappa shape index (κ1) is 44.6. The highest BCUT2D eigenvalue weighted by Gasteiger charge is 2.23. The third kappa shape index (κ3) is 6.81. The zero-order valence-corrected chi connectivity index (χ0v) is 43.8. The highest BCUT2D eigenvalue weighted by atomic mass is 32.1. The van der Waals surface area contributed by atoms with E-state index >= 15 is 0 Å². The second-order valence-corrected chi connectivity index (χ2v) is 21.8.